The van der Waals surface area contributed by atoms with Gasteiger partial charge in [-0.25, -0.2) is 4.79 Å². The maximum Gasteiger partial charge on any atom is 0.414 e. The molecule has 0 saturated carbocycles. The van der Waals surface area contributed by atoms with Crippen LogP contribution in [-0.4, -0.2) is 75.5 Å². The molecule has 3 heterocycles. The summed E-state index contributed by atoms with van der Waals surface area (Å²) in [6, 6.07) is 23.2. The van der Waals surface area contributed by atoms with Crippen molar-refractivity contribution in [3.05, 3.63) is 83.9 Å². The van der Waals surface area contributed by atoms with Crippen LogP contribution in [0.4, 0.5) is 16.2 Å². The third kappa shape index (κ3) is 5.46. The van der Waals surface area contributed by atoms with E-state index in [-0.39, 0.29) is 42.8 Å². The lowest BCUT2D eigenvalue weighted by Gasteiger charge is -2.37. The number of benzene rings is 3. The number of methoxy groups -OCH3 is 1. The molecule has 0 bridgehead atoms. The molecule has 2 N–H and O–H groups in total. The van der Waals surface area contributed by atoms with E-state index in [9.17, 15) is 19.5 Å². The molecule has 2 fully saturated rings. The van der Waals surface area contributed by atoms with E-state index in [0.29, 0.717) is 36.6 Å². The van der Waals surface area contributed by atoms with Gasteiger partial charge in [-0.1, -0.05) is 67.7 Å². The molecule has 3 aliphatic rings. The van der Waals surface area contributed by atoms with Crippen LogP contribution < -0.4 is 20.1 Å². The summed E-state index contributed by atoms with van der Waals surface area (Å²) in [6.07, 6.45) is -0.958. The molecule has 0 radical (unpaired) electrons. The van der Waals surface area contributed by atoms with Gasteiger partial charge in [0.2, 0.25) is 5.91 Å². The smallest absolute Gasteiger partial charge is 0.414 e. The van der Waals surface area contributed by atoms with E-state index in [1.165, 1.54) is 0 Å². The van der Waals surface area contributed by atoms with Crippen molar-refractivity contribution in [2.24, 2.45) is 5.92 Å². The average Bonchev–Trinajstić information content (AvgIpc) is 3.70. The fourth-order valence-corrected chi connectivity index (χ4v) is 11.6. The van der Waals surface area contributed by atoms with E-state index < -0.39 is 25.9 Å². The predicted octanol–water partition coefficient (Wildman–Crippen LogP) is 4.23. The molecule has 0 aliphatic carbocycles. The Labute approximate surface area is 270 Å². The Kier molecular flexibility index (Phi) is 8.66. The fraction of sp³-hybridized carbons (Fsp3) is 0.400. The largest absolute Gasteiger partial charge is 0.497 e. The van der Waals surface area contributed by atoms with Crippen LogP contribution in [0.1, 0.15) is 24.5 Å². The number of anilines is 2. The lowest BCUT2D eigenvalue weighted by atomic mass is 9.82. The molecular weight excluding hydrogens is 602 g/mol. The molecular formula is C35H41N3O7Si. The molecule has 46 heavy (non-hydrogen) atoms. The van der Waals surface area contributed by atoms with Crippen molar-refractivity contribution < 1.29 is 33.7 Å². The number of rotatable bonds is 10. The van der Waals surface area contributed by atoms with Gasteiger partial charge in [0.05, 0.1) is 40.9 Å². The van der Waals surface area contributed by atoms with Gasteiger partial charge in [0.15, 0.2) is 5.60 Å². The highest BCUT2D eigenvalue weighted by Crippen LogP contribution is 2.59. The average molecular weight is 644 g/mol. The van der Waals surface area contributed by atoms with E-state index >= 15 is 0 Å². The number of carbonyl (C=O) groups excluding carboxylic acids is 3. The lowest BCUT2D eigenvalue weighted by molar-refractivity contribution is -0.148. The molecule has 11 heteroatoms. The number of nitrogens with one attached hydrogen (secondary N) is 1. The van der Waals surface area contributed by atoms with Crippen molar-refractivity contribution in [1.29, 1.82) is 0 Å². The van der Waals surface area contributed by atoms with Crippen molar-refractivity contribution >= 4 is 42.5 Å². The minimum atomic E-state index is -2.46. The number of amides is 3. The summed E-state index contributed by atoms with van der Waals surface area (Å²) in [4.78, 5) is 43.8. The third-order valence-electron chi connectivity index (χ3n) is 9.96. The molecule has 10 nitrogen and oxygen atoms in total. The zero-order valence-electron chi connectivity index (χ0n) is 26.7. The SMILES string of the molecule is COc1ccc([Si](C)(C)[C@H]2[C@H](CC(=O)N(CCO)Cc3ccccc3)O[C@@]3(C(=O)Nc4ccc(N5CCOC5=O)cc43)[C@@H]2C)cc1. The van der Waals surface area contributed by atoms with Gasteiger partial charge in [0.1, 0.15) is 12.4 Å². The number of hydrogen-bond acceptors (Lipinski definition) is 7. The van der Waals surface area contributed by atoms with E-state index in [0.717, 1.165) is 16.5 Å². The van der Waals surface area contributed by atoms with Gasteiger partial charge in [-0.05, 0) is 41.4 Å². The van der Waals surface area contributed by atoms with Gasteiger partial charge in [-0.15, -0.1) is 0 Å². The maximum absolute atomic E-state index is 14.1. The molecule has 4 atom stereocenters. The van der Waals surface area contributed by atoms with Gasteiger partial charge in [-0.2, -0.15) is 0 Å². The second kappa shape index (κ2) is 12.5. The fourth-order valence-electron chi connectivity index (χ4n) is 7.63. The summed E-state index contributed by atoms with van der Waals surface area (Å²) in [5.74, 6) is 0.0256. The number of carbonyl (C=O) groups is 3. The molecule has 0 aromatic heterocycles. The first-order chi connectivity index (χ1) is 22.1. The lowest BCUT2D eigenvalue weighted by Crippen LogP contribution is -2.52. The molecule has 2 saturated heterocycles. The Morgan fingerprint density at radius 1 is 1.11 bits per heavy atom. The molecule has 3 amide bonds. The molecule has 6 rings (SSSR count). The summed E-state index contributed by atoms with van der Waals surface area (Å²) in [6.45, 7) is 7.66. The van der Waals surface area contributed by atoms with Gasteiger partial charge >= 0.3 is 6.09 Å². The number of ether oxygens (including phenoxy) is 3. The number of aliphatic hydroxyl groups is 1. The minimum absolute atomic E-state index is 0.0525. The number of nitrogens with zero attached hydrogens (tertiary/aromatic N) is 2. The minimum Gasteiger partial charge on any atom is -0.497 e. The molecule has 3 aromatic rings. The quantitative estimate of drug-likeness (QED) is 0.318. The summed E-state index contributed by atoms with van der Waals surface area (Å²) < 4.78 is 17.6. The summed E-state index contributed by atoms with van der Waals surface area (Å²) >= 11 is 0. The van der Waals surface area contributed by atoms with Crippen LogP contribution in [0.2, 0.25) is 18.6 Å². The monoisotopic (exact) mass is 643 g/mol. The van der Waals surface area contributed by atoms with Crippen molar-refractivity contribution in [3.8, 4) is 5.75 Å². The molecule has 242 valence electrons. The second-order valence-electron chi connectivity index (χ2n) is 12.8. The van der Waals surface area contributed by atoms with Crippen molar-refractivity contribution in [1.82, 2.24) is 4.90 Å². The zero-order chi connectivity index (χ0) is 32.6. The molecule has 1 spiro atoms. The van der Waals surface area contributed by atoms with E-state index in [1.807, 2.05) is 55.5 Å². The highest BCUT2D eigenvalue weighted by molar-refractivity contribution is 6.91. The highest BCUT2D eigenvalue weighted by atomic mass is 28.3. The standard InChI is InChI=1S/C35H41N3O7Si/c1-23-32(46(3,4)27-13-11-26(43-2)12-14-27)30(21-31(40)37(16-18-39)22-24-8-6-5-7-9-24)45-35(23)28-20-25(38-17-19-44-34(38)42)10-15-29(28)36-33(35)41/h5-15,20,23,30,32,39H,16-19,21-22H2,1-4H3,(H,36,41)/t23-,30+,32-,35+/m1/s1. The van der Waals surface area contributed by atoms with Crippen LogP contribution in [-0.2, 0) is 31.2 Å². The Morgan fingerprint density at radius 2 is 1.85 bits per heavy atom. The highest BCUT2D eigenvalue weighted by Gasteiger charge is 2.65. The predicted molar refractivity (Wildman–Crippen MR) is 177 cm³/mol. The van der Waals surface area contributed by atoms with E-state index in [1.54, 1.807) is 29.0 Å². The van der Waals surface area contributed by atoms with Crippen molar-refractivity contribution in [2.75, 3.05) is 43.6 Å². The summed E-state index contributed by atoms with van der Waals surface area (Å²) in [5, 5.41) is 14.1. The molecule has 3 aromatic carbocycles. The van der Waals surface area contributed by atoms with Gasteiger partial charge in [0, 0.05) is 35.9 Å². The van der Waals surface area contributed by atoms with Crippen molar-refractivity contribution in [2.45, 2.75) is 50.2 Å². The maximum atomic E-state index is 14.1. The van der Waals surface area contributed by atoms with Crippen LogP contribution >= 0.6 is 0 Å². The van der Waals surface area contributed by atoms with Crippen molar-refractivity contribution in [3.63, 3.8) is 0 Å². The normalized spacial score (nSPS) is 23.8. The van der Waals surface area contributed by atoms with Crippen LogP contribution in [0.3, 0.4) is 0 Å². The summed E-state index contributed by atoms with van der Waals surface area (Å²) in [7, 11) is -0.828. The number of cyclic esters (lactones) is 1. The van der Waals surface area contributed by atoms with Crippen LogP contribution in [0.25, 0.3) is 0 Å². The molecule has 0 unspecified atom stereocenters. The topological polar surface area (TPSA) is 118 Å². The first-order valence-electron chi connectivity index (χ1n) is 15.7. The van der Waals surface area contributed by atoms with Crippen LogP contribution in [0.15, 0.2) is 72.8 Å². The van der Waals surface area contributed by atoms with E-state index in [4.69, 9.17) is 14.2 Å². The van der Waals surface area contributed by atoms with E-state index in [2.05, 4.69) is 30.5 Å². The third-order valence-corrected chi connectivity index (χ3v) is 14.3. The Balaban J connectivity index is 1.40. The molecule has 3 aliphatic heterocycles. The Hall–Kier alpha value is -4.19. The Morgan fingerprint density at radius 3 is 2.50 bits per heavy atom. The van der Waals surface area contributed by atoms with Gasteiger partial charge < -0.3 is 29.5 Å². The Bertz CT molecular complexity index is 1620. The number of aliphatic hydroxyl groups excluding tert-OH is 1. The first-order valence-corrected chi connectivity index (χ1v) is 18.8. The summed E-state index contributed by atoms with van der Waals surface area (Å²) in [5.41, 5.74) is 1.39. The zero-order valence-corrected chi connectivity index (χ0v) is 27.7. The number of hydrogen-bond donors (Lipinski definition) is 2. The second-order valence-corrected chi connectivity index (χ2v) is 17.5. The van der Waals surface area contributed by atoms with Crippen LogP contribution in [0.5, 0.6) is 5.75 Å². The first kappa shape index (κ1) is 31.8. The van der Waals surface area contributed by atoms with Gasteiger partial charge in [0.25, 0.3) is 5.91 Å². The number of fused-ring (bicyclic) bond motifs is 2. The van der Waals surface area contributed by atoms with Gasteiger partial charge in [-0.3, -0.25) is 14.5 Å². The van der Waals surface area contributed by atoms with Crippen LogP contribution in [0, 0.1) is 5.92 Å².